The average Bonchev–Trinajstić information content (AvgIpc) is 2.78. The van der Waals surface area contributed by atoms with Crippen LogP contribution in [0.4, 0.5) is 0 Å². The first-order chi connectivity index (χ1) is 10.9. The molecule has 3 fully saturated rings. The summed E-state index contributed by atoms with van der Waals surface area (Å²) in [7, 11) is 0. The highest BCUT2D eigenvalue weighted by Gasteiger charge is 2.60. The Labute approximate surface area is 139 Å². The number of allylic oxidation sites excluding steroid dienone is 1. The second-order valence-corrected chi connectivity index (χ2v) is 9.26. The molecule has 23 heavy (non-hydrogen) atoms. The summed E-state index contributed by atoms with van der Waals surface area (Å²) in [6.07, 6.45) is 8.88. The van der Waals surface area contributed by atoms with Crippen molar-refractivity contribution in [3.8, 4) is 0 Å². The first-order valence-corrected chi connectivity index (χ1v) is 9.59. The van der Waals surface area contributed by atoms with Crippen LogP contribution in [0.3, 0.4) is 0 Å². The summed E-state index contributed by atoms with van der Waals surface area (Å²) in [6.45, 7) is 4.73. The molecule has 8 atom stereocenters. The van der Waals surface area contributed by atoms with Crippen LogP contribution in [0.15, 0.2) is 11.6 Å². The lowest BCUT2D eigenvalue weighted by Gasteiger charge is -2.58. The summed E-state index contributed by atoms with van der Waals surface area (Å²) in [5, 5.41) is 31.1. The third-order valence-electron chi connectivity index (χ3n) is 8.36. The van der Waals surface area contributed by atoms with Crippen LogP contribution in [0.2, 0.25) is 0 Å². The monoisotopic (exact) mass is 320 g/mol. The van der Waals surface area contributed by atoms with E-state index in [0.717, 1.165) is 44.9 Å². The number of aliphatic hydroxyl groups excluding tert-OH is 3. The molecule has 0 saturated heterocycles. The van der Waals surface area contributed by atoms with Gasteiger partial charge in [-0.1, -0.05) is 25.5 Å². The zero-order valence-corrected chi connectivity index (χ0v) is 14.5. The normalized spacial score (nSPS) is 55.6. The van der Waals surface area contributed by atoms with Crippen molar-refractivity contribution in [2.45, 2.75) is 71.0 Å². The van der Waals surface area contributed by atoms with Crippen molar-refractivity contribution >= 4 is 0 Å². The van der Waals surface area contributed by atoms with Gasteiger partial charge in [0, 0.05) is 5.41 Å². The summed E-state index contributed by atoms with van der Waals surface area (Å²) >= 11 is 0. The van der Waals surface area contributed by atoms with Gasteiger partial charge >= 0.3 is 0 Å². The van der Waals surface area contributed by atoms with Crippen LogP contribution in [0, 0.1) is 34.5 Å². The zero-order valence-electron chi connectivity index (χ0n) is 14.5. The average molecular weight is 320 g/mol. The van der Waals surface area contributed by atoms with E-state index in [9.17, 15) is 15.3 Å². The molecule has 0 radical (unpaired) electrons. The number of fused-ring (bicyclic) bond motifs is 5. The van der Waals surface area contributed by atoms with Gasteiger partial charge in [-0.05, 0) is 74.0 Å². The highest BCUT2D eigenvalue weighted by molar-refractivity contribution is 5.26. The van der Waals surface area contributed by atoms with E-state index >= 15 is 0 Å². The van der Waals surface area contributed by atoms with Crippen LogP contribution in [0.1, 0.15) is 58.8 Å². The van der Waals surface area contributed by atoms with Gasteiger partial charge in [0.05, 0.1) is 18.8 Å². The second-order valence-electron chi connectivity index (χ2n) is 9.26. The van der Waals surface area contributed by atoms with E-state index in [1.807, 2.05) is 0 Å². The molecule has 3 saturated carbocycles. The SMILES string of the molecule is C[C@H]1CC2C3CC=C4C[C@H](O)CC[C@]4(CO)C3CC[C@]2(C)[C@@H]1O. The first kappa shape index (κ1) is 16.1. The Morgan fingerprint density at radius 1 is 1.17 bits per heavy atom. The van der Waals surface area contributed by atoms with Crippen LogP contribution in [-0.4, -0.2) is 34.1 Å². The zero-order chi connectivity index (χ0) is 16.4. The summed E-state index contributed by atoms with van der Waals surface area (Å²) in [6, 6.07) is 0. The Balaban J connectivity index is 1.70. The van der Waals surface area contributed by atoms with Crippen molar-refractivity contribution in [1.29, 1.82) is 0 Å². The number of hydrogen-bond acceptors (Lipinski definition) is 3. The van der Waals surface area contributed by atoms with Crippen molar-refractivity contribution in [2.75, 3.05) is 6.61 Å². The molecule has 3 unspecified atom stereocenters. The maximum absolute atomic E-state index is 10.7. The molecule has 0 amide bonds. The second kappa shape index (κ2) is 5.31. The van der Waals surface area contributed by atoms with Crippen molar-refractivity contribution in [2.24, 2.45) is 34.5 Å². The van der Waals surface area contributed by atoms with Gasteiger partial charge < -0.3 is 15.3 Å². The van der Waals surface area contributed by atoms with Crippen LogP contribution in [0.5, 0.6) is 0 Å². The Hall–Kier alpha value is -0.380. The molecule has 130 valence electrons. The molecular formula is C20H32O3. The largest absolute Gasteiger partial charge is 0.395 e. The van der Waals surface area contributed by atoms with Crippen molar-refractivity contribution in [3.63, 3.8) is 0 Å². The van der Waals surface area contributed by atoms with E-state index < -0.39 is 0 Å². The molecule has 0 aromatic rings. The maximum Gasteiger partial charge on any atom is 0.0622 e. The molecular weight excluding hydrogens is 288 g/mol. The predicted molar refractivity (Wildman–Crippen MR) is 89.7 cm³/mol. The van der Waals surface area contributed by atoms with E-state index in [-0.39, 0.29) is 29.6 Å². The van der Waals surface area contributed by atoms with Gasteiger partial charge in [0.15, 0.2) is 0 Å². The summed E-state index contributed by atoms with van der Waals surface area (Å²) in [5.41, 5.74) is 1.31. The van der Waals surface area contributed by atoms with E-state index in [1.54, 1.807) is 0 Å². The third-order valence-corrected chi connectivity index (χ3v) is 8.36. The predicted octanol–water partition coefficient (Wildman–Crippen LogP) is 2.89. The summed E-state index contributed by atoms with van der Waals surface area (Å²) < 4.78 is 0. The van der Waals surface area contributed by atoms with Crippen LogP contribution in [-0.2, 0) is 0 Å². The van der Waals surface area contributed by atoms with Gasteiger partial charge in [0.25, 0.3) is 0 Å². The molecule has 3 N–H and O–H groups in total. The molecule has 3 nitrogen and oxygen atoms in total. The number of rotatable bonds is 1. The van der Waals surface area contributed by atoms with Gasteiger partial charge in [-0.15, -0.1) is 0 Å². The quantitative estimate of drug-likeness (QED) is 0.651. The standard InChI is InChI=1S/C20H32O3/c1-12-9-17-15-4-3-13-10-14(22)5-8-20(13,11-21)16(15)6-7-19(17,2)18(12)23/h3,12,14-18,21-23H,4-11H2,1-2H3/t12-,14+,15?,16?,17?,18+,19-,20+/m0/s1. The molecule has 0 bridgehead atoms. The molecule has 4 aliphatic carbocycles. The minimum absolute atomic E-state index is 0.0662. The van der Waals surface area contributed by atoms with E-state index in [0.29, 0.717) is 23.7 Å². The van der Waals surface area contributed by atoms with Gasteiger partial charge in [-0.25, -0.2) is 0 Å². The topological polar surface area (TPSA) is 60.7 Å². The Morgan fingerprint density at radius 2 is 1.96 bits per heavy atom. The maximum atomic E-state index is 10.7. The fourth-order valence-electron chi connectivity index (χ4n) is 7.07. The number of hydrogen-bond donors (Lipinski definition) is 3. The van der Waals surface area contributed by atoms with E-state index in [1.165, 1.54) is 5.57 Å². The minimum atomic E-state index is -0.223. The molecule has 0 aromatic carbocycles. The fraction of sp³-hybridized carbons (Fsp3) is 0.900. The molecule has 4 rings (SSSR count). The van der Waals surface area contributed by atoms with Crippen molar-refractivity contribution in [3.05, 3.63) is 11.6 Å². The molecule has 0 spiro atoms. The van der Waals surface area contributed by atoms with Gasteiger partial charge in [-0.3, -0.25) is 0 Å². The van der Waals surface area contributed by atoms with E-state index in [4.69, 9.17) is 0 Å². The lowest BCUT2D eigenvalue weighted by molar-refractivity contribution is -0.0909. The molecule has 3 heteroatoms. The summed E-state index contributed by atoms with van der Waals surface area (Å²) in [5.74, 6) is 2.11. The van der Waals surface area contributed by atoms with Crippen molar-refractivity contribution in [1.82, 2.24) is 0 Å². The lowest BCUT2D eigenvalue weighted by Crippen LogP contribution is -2.53. The Morgan fingerprint density at radius 3 is 2.70 bits per heavy atom. The highest BCUT2D eigenvalue weighted by atomic mass is 16.3. The van der Waals surface area contributed by atoms with Crippen LogP contribution in [0.25, 0.3) is 0 Å². The highest BCUT2D eigenvalue weighted by Crippen LogP contribution is 2.65. The Kier molecular flexibility index (Phi) is 3.72. The molecule has 0 heterocycles. The van der Waals surface area contributed by atoms with Gasteiger partial charge in [0.1, 0.15) is 0 Å². The fourth-order valence-corrected chi connectivity index (χ4v) is 7.07. The van der Waals surface area contributed by atoms with Crippen molar-refractivity contribution < 1.29 is 15.3 Å². The third kappa shape index (κ3) is 2.06. The molecule has 0 aromatic heterocycles. The first-order valence-electron chi connectivity index (χ1n) is 9.59. The lowest BCUT2D eigenvalue weighted by atomic mass is 9.47. The minimum Gasteiger partial charge on any atom is -0.395 e. The smallest absolute Gasteiger partial charge is 0.0622 e. The van der Waals surface area contributed by atoms with Crippen LogP contribution >= 0.6 is 0 Å². The molecule has 4 aliphatic rings. The molecule has 0 aliphatic heterocycles. The summed E-state index contributed by atoms with van der Waals surface area (Å²) in [4.78, 5) is 0. The van der Waals surface area contributed by atoms with Gasteiger partial charge in [0.2, 0.25) is 0 Å². The Bertz CT molecular complexity index is 515. The number of aliphatic hydroxyl groups is 3. The van der Waals surface area contributed by atoms with Gasteiger partial charge in [-0.2, -0.15) is 0 Å². The van der Waals surface area contributed by atoms with E-state index in [2.05, 4.69) is 19.9 Å². The van der Waals surface area contributed by atoms with Crippen LogP contribution < -0.4 is 0 Å².